The van der Waals surface area contributed by atoms with E-state index < -0.39 is 5.97 Å². The van der Waals surface area contributed by atoms with Crippen LogP contribution in [0.4, 0.5) is 5.69 Å². The topological polar surface area (TPSA) is 51.4 Å². The molecule has 1 N–H and O–H groups in total. The number of aliphatic carboxylic acids is 1. The van der Waals surface area contributed by atoms with Crippen molar-refractivity contribution in [3.63, 3.8) is 0 Å². The molecule has 1 aliphatic carbocycles. The zero-order valence-corrected chi connectivity index (χ0v) is 8.81. The van der Waals surface area contributed by atoms with Crippen LogP contribution in [0, 0.1) is 5.92 Å². The number of allylic oxidation sites excluding steroid dienone is 2. The number of benzene rings is 1. The van der Waals surface area contributed by atoms with Gasteiger partial charge in [0.1, 0.15) is 0 Å². The van der Waals surface area contributed by atoms with Gasteiger partial charge >= 0.3 is 5.97 Å². The van der Waals surface area contributed by atoms with Gasteiger partial charge < -0.3 is 5.11 Å². The van der Waals surface area contributed by atoms with Crippen molar-refractivity contribution in [3.05, 3.63) is 35.5 Å². The molecule has 1 atom stereocenters. The molecule has 1 aliphatic heterocycles. The third-order valence-corrected chi connectivity index (χ3v) is 3.36. The summed E-state index contributed by atoms with van der Waals surface area (Å²) in [5.74, 6) is -0.920. The Morgan fingerprint density at radius 3 is 3.00 bits per heavy atom. The van der Waals surface area contributed by atoms with Gasteiger partial charge in [0.25, 0.3) is 0 Å². The van der Waals surface area contributed by atoms with Gasteiger partial charge in [-0.15, -0.1) is 0 Å². The Hall–Kier alpha value is -1.77. The number of para-hydroxylation sites is 1. The Morgan fingerprint density at radius 2 is 2.19 bits per heavy atom. The van der Waals surface area contributed by atoms with Gasteiger partial charge in [-0.05, 0) is 30.9 Å². The highest BCUT2D eigenvalue weighted by Crippen LogP contribution is 2.43. The highest BCUT2D eigenvalue weighted by atomic mass is 16.4. The highest BCUT2D eigenvalue weighted by Gasteiger charge is 2.31. The molecule has 81 valence electrons. The SMILES string of the molecule is O=C(O)C1CCC2=C(C1)c1ccccc1[N]2. The first-order valence-electron chi connectivity index (χ1n) is 5.51. The van der Waals surface area contributed by atoms with Crippen molar-refractivity contribution in [3.8, 4) is 0 Å². The standard InChI is InChI=1S/C13H12NO2/c15-13(16)8-5-6-12-10(7-8)9-3-1-2-4-11(9)14-12/h1-4,8H,5-7H2,(H,15,16). The van der Waals surface area contributed by atoms with Crippen molar-refractivity contribution in [2.45, 2.75) is 19.3 Å². The lowest BCUT2D eigenvalue weighted by Gasteiger charge is -2.19. The normalized spacial score (nSPS) is 22.4. The molecule has 1 unspecified atom stereocenters. The fraction of sp³-hybridized carbons (Fsp3) is 0.308. The molecule has 0 amide bonds. The average molecular weight is 214 g/mol. The van der Waals surface area contributed by atoms with Crippen LogP contribution in [0.3, 0.4) is 0 Å². The van der Waals surface area contributed by atoms with Gasteiger partial charge in [0.05, 0.1) is 11.6 Å². The molecular formula is C13H12NO2. The summed E-state index contributed by atoms with van der Waals surface area (Å²) < 4.78 is 0. The van der Waals surface area contributed by atoms with Gasteiger partial charge in [0, 0.05) is 11.3 Å². The quantitative estimate of drug-likeness (QED) is 0.781. The second-order valence-electron chi connectivity index (χ2n) is 4.33. The van der Waals surface area contributed by atoms with Gasteiger partial charge in [-0.25, -0.2) is 0 Å². The van der Waals surface area contributed by atoms with Crippen LogP contribution in [-0.2, 0) is 4.79 Å². The van der Waals surface area contributed by atoms with Crippen molar-refractivity contribution < 1.29 is 9.90 Å². The van der Waals surface area contributed by atoms with Crippen LogP contribution >= 0.6 is 0 Å². The molecule has 0 fully saturated rings. The molecule has 1 radical (unpaired) electrons. The predicted molar refractivity (Wildman–Crippen MR) is 60.1 cm³/mol. The summed E-state index contributed by atoms with van der Waals surface area (Å²) >= 11 is 0. The molecule has 0 saturated heterocycles. The number of carboxylic acids is 1. The average Bonchev–Trinajstić information content (AvgIpc) is 2.66. The van der Waals surface area contributed by atoms with Gasteiger partial charge in [-0.1, -0.05) is 18.2 Å². The molecule has 0 saturated carbocycles. The largest absolute Gasteiger partial charge is 0.481 e. The Kier molecular flexibility index (Phi) is 1.99. The molecule has 3 heteroatoms. The number of fused-ring (bicyclic) bond motifs is 2. The Bertz CT molecular complexity index is 490. The summed E-state index contributed by atoms with van der Waals surface area (Å²) in [5.41, 5.74) is 4.37. The van der Waals surface area contributed by atoms with Crippen molar-refractivity contribution in [1.82, 2.24) is 5.32 Å². The maximum Gasteiger partial charge on any atom is 0.306 e. The molecule has 0 spiro atoms. The number of hydrogen-bond acceptors (Lipinski definition) is 1. The third-order valence-electron chi connectivity index (χ3n) is 3.36. The maximum absolute atomic E-state index is 11.0. The minimum Gasteiger partial charge on any atom is -0.481 e. The summed E-state index contributed by atoms with van der Waals surface area (Å²) in [6, 6.07) is 7.97. The Labute approximate surface area is 93.8 Å². The first-order valence-corrected chi connectivity index (χ1v) is 5.51. The first-order chi connectivity index (χ1) is 7.75. The molecule has 3 rings (SSSR count). The summed E-state index contributed by atoms with van der Waals surface area (Å²) in [6.07, 6.45) is 2.14. The van der Waals surface area contributed by atoms with Crippen LogP contribution in [0.25, 0.3) is 5.57 Å². The van der Waals surface area contributed by atoms with Gasteiger partial charge in [0.15, 0.2) is 0 Å². The fourth-order valence-electron chi connectivity index (χ4n) is 2.50. The van der Waals surface area contributed by atoms with E-state index in [1.54, 1.807) is 0 Å². The van der Waals surface area contributed by atoms with E-state index in [2.05, 4.69) is 5.32 Å². The number of nitrogens with zero attached hydrogens (tertiary/aromatic N) is 1. The number of carbonyl (C=O) groups is 1. The van der Waals surface area contributed by atoms with E-state index in [1.165, 1.54) is 0 Å². The molecule has 3 nitrogen and oxygen atoms in total. The monoisotopic (exact) mass is 214 g/mol. The molecular weight excluding hydrogens is 202 g/mol. The molecule has 1 aromatic rings. The van der Waals surface area contributed by atoms with Crippen molar-refractivity contribution in [1.29, 1.82) is 0 Å². The number of rotatable bonds is 1. The second-order valence-corrected chi connectivity index (χ2v) is 4.33. The van der Waals surface area contributed by atoms with E-state index in [4.69, 9.17) is 5.11 Å². The number of carboxylic acid groups (broad SMARTS) is 1. The lowest BCUT2D eigenvalue weighted by atomic mass is 9.85. The number of hydrogen-bond donors (Lipinski definition) is 1. The fourth-order valence-corrected chi connectivity index (χ4v) is 2.50. The lowest BCUT2D eigenvalue weighted by molar-refractivity contribution is -0.141. The lowest BCUT2D eigenvalue weighted by Crippen LogP contribution is -2.18. The molecule has 1 aromatic carbocycles. The van der Waals surface area contributed by atoms with E-state index in [-0.39, 0.29) is 5.92 Å². The summed E-state index contributed by atoms with van der Waals surface area (Å²) in [6.45, 7) is 0. The molecule has 0 bridgehead atoms. The Balaban J connectivity index is 1.97. The minimum absolute atomic E-state index is 0.236. The van der Waals surface area contributed by atoms with E-state index in [9.17, 15) is 4.79 Å². The van der Waals surface area contributed by atoms with Crippen molar-refractivity contribution in [2.24, 2.45) is 5.92 Å². The molecule has 16 heavy (non-hydrogen) atoms. The Morgan fingerprint density at radius 1 is 1.38 bits per heavy atom. The van der Waals surface area contributed by atoms with Gasteiger partial charge in [-0.2, -0.15) is 0 Å². The van der Waals surface area contributed by atoms with Crippen molar-refractivity contribution >= 4 is 17.2 Å². The minimum atomic E-state index is -0.684. The summed E-state index contributed by atoms with van der Waals surface area (Å²) in [4.78, 5) is 11.0. The zero-order chi connectivity index (χ0) is 11.1. The van der Waals surface area contributed by atoms with E-state index in [1.807, 2.05) is 24.3 Å². The van der Waals surface area contributed by atoms with Crippen LogP contribution in [0.15, 0.2) is 30.0 Å². The highest BCUT2D eigenvalue weighted by molar-refractivity contribution is 5.85. The predicted octanol–water partition coefficient (Wildman–Crippen LogP) is 2.53. The van der Waals surface area contributed by atoms with E-state index in [0.29, 0.717) is 12.8 Å². The zero-order valence-electron chi connectivity index (χ0n) is 8.81. The van der Waals surface area contributed by atoms with E-state index >= 15 is 0 Å². The smallest absolute Gasteiger partial charge is 0.306 e. The molecule has 0 aromatic heterocycles. The van der Waals surface area contributed by atoms with Crippen LogP contribution < -0.4 is 5.32 Å². The summed E-state index contributed by atoms with van der Waals surface area (Å²) in [7, 11) is 0. The maximum atomic E-state index is 11.0. The van der Waals surface area contributed by atoms with E-state index in [0.717, 1.165) is 28.9 Å². The van der Waals surface area contributed by atoms with Gasteiger partial charge in [-0.3, -0.25) is 10.1 Å². The third kappa shape index (κ3) is 1.32. The van der Waals surface area contributed by atoms with Crippen LogP contribution in [0.2, 0.25) is 0 Å². The molecule has 2 aliphatic rings. The van der Waals surface area contributed by atoms with Crippen LogP contribution in [0.5, 0.6) is 0 Å². The van der Waals surface area contributed by atoms with Crippen LogP contribution in [0.1, 0.15) is 24.8 Å². The summed E-state index contributed by atoms with van der Waals surface area (Å²) in [5, 5.41) is 13.6. The first kappa shape index (κ1) is 9.46. The second kappa shape index (κ2) is 3.37. The van der Waals surface area contributed by atoms with Crippen molar-refractivity contribution in [2.75, 3.05) is 0 Å². The molecule has 1 heterocycles. The van der Waals surface area contributed by atoms with Gasteiger partial charge in [0.2, 0.25) is 0 Å². The van der Waals surface area contributed by atoms with Crippen LogP contribution in [-0.4, -0.2) is 11.1 Å².